The molecule has 7 heteroatoms. The Bertz CT molecular complexity index is 651. The van der Waals surface area contributed by atoms with Crippen LogP contribution in [0.4, 0.5) is 0 Å². The predicted octanol–water partition coefficient (Wildman–Crippen LogP) is 2.09. The molecule has 156 valence electrons. The fourth-order valence-corrected chi connectivity index (χ4v) is 4.19. The molecule has 3 heterocycles. The van der Waals surface area contributed by atoms with Crippen LogP contribution in [0.15, 0.2) is 21.7 Å². The Balaban J connectivity index is 1.32. The molecule has 2 saturated heterocycles. The van der Waals surface area contributed by atoms with Crippen molar-refractivity contribution in [2.75, 3.05) is 52.9 Å². The molecule has 0 radical (unpaired) electrons. The third kappa shape index (κ3) is 5.74. The monoisotopic (exact) mass is 389 g/mol. The number of aryl methyl sites for hydroxylation is 1. The minimum atomic E-state index is -0.146. The molecule has 0 saturated carbocycles. The van der Waals surface area contributed by atoms with E-state index in [-0.39, 0.29) is 5.91 Å². The Morgan fingerprint density at radius 3 is 2.71 bits per heavy atom. The second-order valence-corrected chi connectivity index (χ2v) is 7.98. The molecule has 1 atom stereocenters. The van der Waals surface area contributed by atoms with Crippen molar-refractivity contribution in [3.05, 3.63) is 23.7 Å². The molecular formula is C21H35N5O2. The quantitative estimate of drug-likeness (QED) is 0.424. The third-order valence-corrected chi connectivity index (χ3v) is 5.75. The van der Waals surface area contributed by atoms with Crippen molar-refractivity contribution in [1.82, 2.24) is 20.4 Å². The molecule has 0 bridgehead atoms. The maximum absolute atomic E-state index is 12.0. The summed E-state index contributed by atoms with van der Waals surface area (Å²) in [5, 5.41) is 6.35. The average molecular weight is 390 g/mol. The van der Waals surface area contributed by atoms with Gasteiger partial charge in [-0.05, 0) is 57.7 Å². The van der Waals surface area contributed by atoms with Crippen molar-refractivity contribution >= 4 is 11.9 Å². The maximum atomic E-state index is 12.0. The molecule has 7 nitrogen and oxygen atoms in total. The van der Waals surface area contributed by atoms with Gasteiger partial charge in [0.15, 0.2) is 11.7 Å². The van der Waals surface area contributed by atoms with E-state index >= 15 is 0 Å². The van der Waals surface area contributed by atoms with Gasteiger partial charge in [0, 0.05) is 45.3 Å². The summed E-state index contributed by atoms with van der Waals surface area (Å²) < 4.78 is 5.21. The van der Waals surface area contributed by atoms with Crippen LogP contribution in [0.5, 0.6) is 0 Å². The van der Waals surface area contributed by atoms with Crippen LogP contribution < -0.4 is 10.6 Å². The smallest absolute Gasteiger partial charge is 0.287 e. The first-order chi connectivity index (χ1) is 13.7. The van der Waals surface area contributed by atoms with Crippen molar-refractivity contribution in [3.8, 4) is 0 Å². The Morgan fingerprint density at radius 1 is 1.21 bits per heavy atom. The summed E-state index contributed by atoms with van der Waals surface area (Å²) in [7, 11) is 1.85. The summed E-state index contributed by atoms with van der Waals surface area (Å²) >= 11 is 0. The summed E-state index contributed by atoms with van der Waals surface area (Å²) in [5.41, 5.74) is 0.865. The first kappa shape index (κ1) is 20.7. The van der Waals surface area contributed by atoms with Crippen molar-refractivity contribution in [1.29, 1.82) is 0 Å². The number of carbonyl (C=O) groups is 1. The normalized spacial score (nSPS) is 21.1. The van der Waals surface area contributed by atoms with E-state index < -0.39 is 0 Å². The molecule has 1 amide bonds. The molecule has 2 fully saturated rings. The number of likely N-dealkylation sites (tertiary alicyclic amines) is 2. The Labute approximate surface area is 168 Å². The zero-order valence-corrected chi connectivity index (χ0v) is 17.4. The highest BCUT2D eigenvalue weighted by atomic mass is 16.3. The van der Waals surface area contributed by atoms with Gasteiger partial charge in [-0.25, -0.2) is 0 Å². The van der Waals surface area contributed by atoms with E-state index in [9.17, 15) is 4.79 Å². The number of furan rings is 1. The zero-order valence-electron chi connectivity index (χ0n) is 17.4. The fourth-order valence-electron chi connectivity index (χ4n) is 4.19. The molecule has 0 aliphatic carbocycles. The fraction of sp³-hybridized carbons (Fsp3) is 0.714. The number of piperidine rings is 1. The van der Waals surface area contributed by atoms with E-state index in [0.29, 0.717) is 12.3 Å². The summed E-state index contributed by atoms with van der Waals surface area (Å²) in [6.07, 6.45) is 7.74. The molecular weight excluding hydrogens is 354 g/mol. The van der Waals surface area contributed by atoms with E-state index in [2.05, 4.69) is 25.4 Å². The standard InChI is InChI=1S/C21H35N5O2/c1-17-8-14-28-19(17)20(27)23-9-6-10-24-21(22-2)26-13-7-18(16-26)15-25-11-4-3-5-12-25/h8,14,18H,3-7,9-13,15-16H2,1-2H3,(H,22,24)(H,23,27). The number of hydrogen-bond acceptors (Lipinski definition) is 4. The van der Waals surface area contributed by atoms with E-state index in [1.807, 2.05) is 14.0 Å². The number of aliphatic imine (C=N–C) groups is 1. The lowest BCUT2D eigenvalue weighted by Gasteiger charge is -2.29. The van der Waals surface area contributed by atoms with Crippen LogP contribution in [0, 0.1) is 12.8 Å². The van der Waals surface area contributed by atoms with E-state index in [4.69, 9.17) is 4.42 Å². The van der Waals surface area contributed by atoms with Gasteiger partial charge in [-0.3, -0.25) is 9.79 Å². The molecule has 3 rings (SSSR count). The molecule has 1 unspecified atom stereocenters. The molecule has 1 aromatic heterocycles. The first-order valence-electron chi connectivity index (χ1n) is 10.7. The zero-order chi connectivity index (χ0) is 19.8. The van der Waals surface area contributed by atoms with Gasteiger partial charge in [0.25, 0.3) is 5.91 Å². The number of guanidine groups is 1. The number of hydrogen-bond donors (Lipinski definition) is 2. The maximum Gasteiger partial charge on any atom is 0.287 e. The van der Waals surface area contributed by atoms with Gasteiger partial charge >= 0.3 is 0 Å². The van der Waals surface area contributed by atoms with Crippen molar-refractivity contribution in [2.24, 2.45) is 10.9 Å². The third-order valence-electron chi connectivity index (χ3n) is 5.75. The van der Waals surface area contributed by atoms with Crippen molar-refractivity contribution in [2.45, 2.75) is 39.0 Å². The Morgan fingerprint density at radius 2 is 2.00 bits per heavy atom. The Kier molecular flexibility index (Phi) is 7.77. The number of rotatable bonds is 7. The molecule has 2 aliphatic heterocycles. The summed E-state index contributed by atoms with van der Waals surface area (Å²) in [6.45, 7) is 9.21. The molecule has 28 heavy (non-hydrogen) atoms. The Hall–Kier alpha value is -2.02. The van der Waals surface area contributed by atoms with E-state index in [0.717, 1.165) is 43.5 Å². The second kappa shape index (κ2) is 10.5. The van der Waals surface area contributed by atoms with E-state index in [1.54, 1.807) is 12.3 Å². The highest BCUT2D eigenvalue weighted by Gasteiger charge is 2.26. The summed E-state index contributed by atoms with van der Waals surface area (Å²) in [4.78, 5) is 21.5. The van der Waals surface area contributed by atoms with E-state index in [1.165, 1.54) is 45.3 Å². The van der Waals surface area contributed by atoms with Gasteiger partial charge in [0.05, 0.1) is 6.26 Å². The second-order valence-electron chi connectivity index (χ2n) is 7.98. The minimum absolute atomic E-state index is 0.146. The van der Waals surface area contributed by atoms with Crippen LogP contribution in [0.1, 0.15) is 48.2 Å². The van der Waals surface area contributed by atoms with Crippen LogP contribution in [-0.4, -0.2) is 74.5 Å². The van der Waals surface area contributed by atoms with Crippen molar-refractivity contribution < 1.29 is 9.21 Å². The molecule has 0 aromatic carbocycles. The van der Waals surface area contributed by atoms with Gasteiger partial charge in [0.1, 0.15) is 0 Å². The summed E-state index contributed by atoms with van der Waals surface area (Å²) in [6, 6.07) is 1.80. The predicted molar refractivity (Wildman–Crippen MR) is 112 cm³/mol. The lowest BCUT2D eigenvalue weighted by atomic mass is 10.1. The number of amides is 1. The largest absolute Gasteiger partial charge is 0.459 e. The number of carbonyl (C=O) groups excluding carboxylic acids is 1. The molecule has 2 N–H and O–H groups in total. The number of nitrogens with zero attached hydrogens (tertiary/aromatic N) is 3. The topological polar surface area (TPSA) is 73.1 Å². The average Bonchev–Trinajstić information content (AvgIpc) is 3.34. The highest BCUT2D eigenvalue weighted by Crippen LogP contribution is 2.19. The lowest BCUT2D eigenvalue weighted by Crippen LogP contribution is -2.42. The number of nitrogens with one attached hydrogen (secondary N) is 2. The molecule has 0 spiro atoms. The van der Waals surface area contributed by atoms with Gasteiger partial charge in [-0.15, -0.1) is 0 Å². The van der Waals surface area contributed by atoms with Gasteiger partial charge < -0.3 is 24.9 Å². The molecule has 2 aliphatic rings. The first-order valence-corrected chi connectivity index (χ1v) is 10.7. The van der Waals surface area contributed by atoms with Crippen LogP contribution in [0.3, 0.4) is 0 Å². The summed E-state index contributed by atoms with van der Waals surface area (Å²) in [5.74, 6) is 1.98. The van der Waals surface area contributed by atoms with Gasteiger partial charge in [-0.1, -0.05) is 6.42 Å². The minimum Gasteiger partial charge on any atom is -0.459 e. The van der Waals surface area contributed by atoms with Crippen molar-refractivity contribution in [3.63, 3.8) is 0 Å². The van der Waals surface area contributed by atoms with Crippen LogP contribution >= 0.6 is 0 Å². The molecule has 1 aromatic rings. The lowest BCUT2D eigenvalue weighted by molar-refractivity contribution is 0.0925. The van der Waals surface area contributed by atoms with Crippen LogP contribution in [0.2, 0.25) is 0 Å². The SMILES string of the molecule is CN=C(NCCCNC(=O)c1occc1C)N1CCC(CN2CCCCC2)C1. The van der Waals surface area contributed by atoms with Gasteiger partial charge in [0.2, 0.25) is 0 Å². The van der Waals surface area contributed by atoms with Crippen LogP contribution in [-0.2, 0) is 0 Å². The highest BCUT2D eigenvalue weighted by molar-refractivity contribution is 5.92. The van der Waals surface area contributed by atoms with Crippen LogP contribution in [0.25, 0.3) is 0 Å². The van der Waals surface area contributed by atoms with Gasteiger partial charge in [-0.2, -0.15) is 0 Å².